The van der Waals surface area contributed by atoms with E-state index in [9.17, 15) is 9.18 Å². The van der Waals surface area contributed by atoms with Crippen molar-refractivity contribution in [3.8, 4) is 5.75 Å². The number of benzene rings is 3. The molecule has 0 saturated heterocycles. The van der Waals surface area contributed by atoms with Crippen molar-refractivity contribution < 1.29 is 13.9 Å². The van der Waals surface area contributed by atoms with E-state index in [2.05, 4.69) is 4.98 Å². The number of fused-ring (bicyclic) bond motifs is 1. The van der Waals surface area contributed by atoms with Gasteiger partial charge >= 0.3 is 0 Å². The first kappa shape index (κ1) is 21.3. The molecule has 0 bridgehead atoms. The molecule has 1 amide bonds. The molecule has 0 spiro atoms. The van der Waals surface area contributed by atoms with Gasteiger partial charge in [0.1, 0.15) is 17.1 Å². The molecule has 0 aliphatic heterocycles. The highest BCUT2D eigenvalue weighted by Gasteiger charge is 2.21. The van der Waals surface area contributed by atoms with Crippen LogP contribution in [-0.2, 0) is 11.3 Å². The van der Waals surface area contributed by atoms with E-state index >= 15 is 0 Å². The fraction of sp³-hybridized carbons (Fsp3) is 0.167. The van der Waals surface area contributed by atoms with Crippen LogP contribution in [0.1, 0.15) is 12.0 Å². The quantitative estimate of drug-likeness (QED) is 0.300. The molecule has 4 nitrogen and oxygen atoms in total. The van der Waals surface area contributed by atoms with Crippen molar-refractivity contribution in [2.45, 2.75) is 17.9 Å². The third-order valence-corrected chi connectivity index (χ3v) is 6.78. The van der Waals surface area contributed by atoms with Crippen molar-refractivity contribution >= 4 is 44.4 Å². The largest absolute Gasteiger partial charge is 0.497 e. The van der Waals surface area contributed by atoms with E-state index in [0.29, 0.717) is 29.4 Å². The van der Waals surface area contributed by atoms with Gasteiger partial charge in [0, 0.05) is 17.1 Å². The molecular weight excluding hydrogens is 431 g/mol. The molecule has 7 heteroatoms. The molecule has 0 unspecified atom stereocenters. The van der Waals surface area contributed by atoms with Gasteiger partial charge in [0.25, 0.3) is 0 Å². The number of thiazole rings is 1. The average molecular weight is 453 g/mol. The number of thioether (sulfide) groups is 1. The third kappa shape index (κ3) is 5.24. The molecule has 0 N–H and O–H groups in total. The normalized spacial score (nSPS) is 10.9. The summed E-state index contributed by atoms with van der Waals surface area (Å²) in [5.41, 5.74) is 1.30. The number of methoxy groups -OCH3 is 1. The van der Waals surface area contributed by atoms with Crippen LogP contribution in [0.25, 0.3) is 10.2 Å². The topological polar surface area (TPSA) is 42.4 Å². The van der Waals surface area contributed by atoms with Crippen molar-refractivity contribution in [1.82, 2.24) is 4.98 Å². The van der Waals surface area contributed by atoms with Crippen molar-refractivity contribution in [2.24, 2.45) is 0 Å². The van der Waals surface area contributed by atoms with Gasteiger partial charge in [0.05, 0.1) is 18.4 Å². The summed E-state index contributed by atoms with van der Waals surface area (Å²) >= 11 is 2.95. The lowest BCUT2D eigenvalue weighted by atomic mass is 10.2. The van der Waals surface area contributed by atoms with E-state index in [0.717, 1.165) is 20.9 Å². The van der Waals surface area contributed by atoms with Crippen LogP contribution < -0.4 is 9.64 Å². The Kier molecular flexibility index (Phi) is 6.84. The number of amides is 1. The van der Waals surface area contributed by atoms with Gasteiger partial charge in [0.2, 0.25) is 5.91 Å². The molecule has 158 valence electrons. The van der Waals surface area contributed by atoms with Gasteiger partial charge in [-0.15, -0.1) is 11.8 Å². The molecular formula is C24H21FN2O2S2. The van der Waals surface area contributed by atoms with Crippen LogP contribution in [0, 0.1) is 5.82 Å². The second kappa shape index (κ2) is 9.94. The smallest absolute Gasteiger partial charge is 0.229 e. The maximum atomic E-state index is 14.2. The Morgan fingerprint density at radius 3 is 2.55 bits per heavy atom. The number of para-hydroxylation sites is 1. The minimum absolute atomic E-state index is 0.0377. The average Bonchev–Trinajstić information content (AvgIpc) is 3.24. The summed E-state index contributed by atoms with van der Waals surface area (Å²) in [6.45, 7) is 0.397. The van der Waals surface area contributed by atoms with Gasteiger partial charge in [-0.25, -0.2) is 9.37 Å². The molecule has 0 fully saturated rings. The van der Waals surface area contributed by atoms with Gasteiger partial charge in [-0.05, 0) is 42.0 Å². The highest BCUT2D eigenvalue weighted by Crippen LogP contribution is 2.32. The Balaban J connectivity index is 1.51. The zero-order valence-corrected chi connectivity index (χ0v) is 18.6. The van der Waals surface area contributed by atoms with Crippen LogP contribution in [0.2, 0.25) is 0 Å². The molecule has 4 aromatic rings. The molecule has 4 rings (SSSR count). The second-order valence-electron chi connectivity index (χ2n) is 6.82. The maximum absolute atomic E-state index is 14.2. The minimum Gasteiger partial charge on any atom is -0.497 e. The number of hydrogen-bond donors (Lipinski definition) is 0. The summed E-state index contributed by atoms with van der Waals surface area (Å²) in [4.78, 5) is 20.3. The van der Waals surface area contributed by atoms with Crippen LogP contribution in [-0.4, -0.2) is 23.8 Å². The number of halogens is 1. The van der Waals surface area contributed by atoms with Crippen LogP contribution >= 0.6 is 23.1 Å². The van der Waals surface area contributed by atoms with E-state index in [-0.39, 0.29) is 11.7 Å². The first-order valence-corrected chi connectivity index (χ1v) is 11.6. The van der Waals surface area contributed by atoms with Crippen LogP contribution in [0.5, 0.6) is 5.75 Å². The third-order valence-electron chi connectivity index (χ3n) is 4.72. The van der Waals surface area contributed by atoms with E-state index in [1.807, 2.05) is 60.7 Å². The fourth-order valence-corrected chi connectivity index (χ4v) is 4.95. The Morgan fingerprint density at radius 1 is 1.06 bits per heavy atom. The Labute approximate surface area is 188 Å². The van der Waals surface area contributed by atoms with Gasteiger partial charge in [-0.1, -0.05) is 47.7 Å². The Hall–Kier alpha value is -2.90. The fourth-order valence-electron chi connectivity index (χ4n) is 3.11. The molecule has 0 aliphatic rings. The van der Waals surface area contributed by atoms with Crippen molar-refractivity contribution in [1.29, 1.82) is 0 Å². The molecule has 1 aromatic heterocycles. The van der Waals surface area contributed by atoms with Crippen LogP contribution in [0.15, 0.2) is 77.7 Å². The number of anilines is 1. The molecule has 3 aromatic carbocycles. The summed E-state index contributed by atoms with van der Waals surface area (Å²) in [6.07, 6.45) is 0.349. The lowest BCUT2D eigenvalue weighted by Gasteiger charge is -2.20. The molecule has 1 heterocycles. The van der Waals surface area contributed by atoms with Crippen LogP contribution in [0.3, 0.4) is 0 Å². The van der Waals surface area contributed by atoms with Crippen molar-refractivity contribution in [3.63, 3.8) is 0 Å². The zero-order chi connectivity index (χ0) is 21.6. The molecule has 0 atom stereocenters. The minimum atomic E-state index is -0.373. The predicted octanol–water partition coefficient (Wildman–Crippen LogP) is 6.16. The number of hydrogen-bond acceptors (Lipinski definition) is 5. The lowest BCUT2D eigenvalue weighted by Crippen LogP contribution is -2.30. The standard InChI is InChI=1S/C24H21FN2O2S2/c1-29-18-10-12-19(13-11-18)30-15-14-22(28)27(16-17-6-3-2-4-7-17)24-26-23-20(25)8-5-9-21(23)31-24/h2-13H,14-16H2,1H3. The lowest BCUT2D eigenvalue weighted by molar-refractivity contribution is -0.118. The second-order valence-corrected chi connectivity index (χ2v) is 9.00. The van der Waals surface area contributed by atoms with Crippen LogP contribution in [0.4, 0.5) is 9.52 Å². The van der Waals surface area contributed by atoms with Gasteiger partial charge in [-0.2, -0.15) is 0 Å². The summed E-state index contributed by atoms with van der Waals surface area (Å²) < 4.78 is 20.1. The summed E-state index contributed by atoms with van der Waals surface area (Å²) in [6, 6.07) is 22.4. The Morgan fingerprint density at radius 2 is 1.84 bits per heavy atom. The van der Waals surface area contributed by atoms with Gasteiger partial charge in [-0.3, -0.25) is 9.69 Å². The summed E-state index contributed by atoms with van der Waals surface area (Å²) in [5.74, 6) is 1.03. The molecule has 0 radical (unpaired) electrons. The first-order valence-electron chi connectivity index (χ1n) is 9.80. The Bertz CT molecular complexity index is 1160. The molecule has 0 aliphatic carbocycles. The molecule has 0 saturated carbocycles. The molecule has 31 heavy (non-hydrogen) atoms. The summed E-state index contributed by atoms with van der Waals surface area (Å²) in [5, 5.41) is 0.517. The first-order chi connectivity index (χ1) is 15.1. The number of aromatic nitrogens is 1. The zero-order valence-electron chi connectivity index (χ0n) is 17.0. The van der Waals surface area contributed by atoms with E-state index < -0.39 is 0 Å². The predicted molar refractivity (Wildman–Crippen MR) is 126 cm³/mol. The number of carbonyl (C=O) groups excluding carboxylic acids is 1. The highest BCUT2D eigenvalue weighted by atomic mass is 32.2. The maximum Gasteiger partial charge on any atom is 0.229 e. The van der Waals surface area contributed by atoms with Gasteiger partial charge < -0.3 is 4.74 Å². The highest BCUT2D eigenvalue weighted by molar-refractivity contribution is 7.99. The number of ether oxygens (including phenoxy) is 1. The number of rotatable bonds is 8. The van der Waals surface area contributed by atoms with Crippen molar-refractivity contribution in [2.75, 3.05) is 17.8 Å². The van der Waals surface area contributed by atoms with E-state index in [1.54, 1.807) is 29.8 Å². The monoisotopic (exact) mass is 452 g/mol. The SMILES string of the molecule is COc1ccc(SCCC(=O)N(Cc2ccccc2)c2nc3c(F)cccc3s2)cc1. The van der Waals surface area contributed by atoms with E-state index in [1.165, 1.54) is 17.4 Å². The van der Waals surface area contributed by atoms with E-state index in [4.69, 9.17) is 4.74 Å². The number of nitrogens with zero attached hydrogens (tertiary/aromatic N) is 2. The number of carbonyl (C=O) groups is 1. The van der Waals surface area contributed by atoms with Crippen molar-refractivity contribution in [3.05, 3.63) is 84.2 Å². The van der Waals surface area contributed by atoms with Gasteiger partial charge in [0.15, 0.2) is 5.13 Å². The summed E-state index contributed by atoms with van der Waals surface area (Å²) in [7, 11) is 1.63.